The lowest BCUT2D eigenvalue weighted by molar-refractivity contribution is -0.150. The van der Waals surface area contributed by atoms with Crippen molar-refractivity contribution in [3.8, 4) is 0 Å². The largest absolute Gasteiger partial charge is 0.433 e. The molecule has 2 atom stereocenters. The van der Waals surface area contributed by atoms with E-state index in [2.05, 4.69) is 25.6 Å². The number of nitrogens with one attached hydrogen (secondary N) is 3. The lowest BCUT2D eigenvalue weighted by Crippen LogP contribution is -2.45. The van der Waals surface area contributed by atoms with Crippen LogP contribution in [0, 0.1) is 6.92 Å². The van der Waals surface area contributed by atoms with Gasteiger partial charge in [0.05, 0.1) is 29.1 Å². The predicted molar refractivity (Wildman–Crippen MR) is 118 cm³/mol. The SMILES string of the molecule is Cc1cc2[nH]cnc2cc1C(=O)N[C@H]1CC[C@@]2(CCN1)CN2c1cc(C(F)(F)F)nc(C(F)(F)F)c1. The molecule has 0 saturated carbocycles. The highest BCUT2D eigenvalue weighted by Gasteiger charge is 2.53. The Morgan fingerprint density at radius 3 is 2.44 bits per heavy atom. The van der Waals surface area contributed by atoms with Crippen molar-refractivity contribution in [3.63, 3.8) is 0 Å². The number of aryl methyl sites for hydroxylation is 1. The first-order chi connectivity index (χ1) is 16.9. The summed E-state index contributed by atoms with van der Waals surface area (Å²) in [7, 11) is 0. The quantitative estimate of drug-likeness (QED) is 0.358. The van der Waals surface area contributed by atoms with Gasteiger partial charge in [-0.15, -0.1) is 0 Å². The number of aromatic nitrogens is 3. The molecule has 2 aliphatic rings. The summed E-state index contributed by atoms with van der Waals surface area (Å²) < 4.78 is 79.3. The van der Waals surface area contributed by atoms with E-state index in [9.17, 15) is 31.1 Å². The minimum absolute atomic E-state index is 0.157. The van der Waals surface area contributed by atoms with Crippen molar-refractivity contribution in [2.24, 2.45) is 0 Å². The maximum absolute atomic E-state index is 13.2. The number of alkyl halides is 6. The van der Waals surface area contributed by atoms with Crippen LogP contribution in [0.4, 0.5) is 32.0 Å². The average Bonchev–Trinajstić information content (AvgIpc) is 3.39. The topological polar surface area (TPSA) is 85.7 Å². The van der Waals surface area contributed by atoms with Gasteiger partial charge in [-0.3, -0.25) is 10.1 Å². The van der Waals surface area contributed by atoms with Gasteiger partial charge in [-0.25, -0.2) is 9.97 Å². The molecule has 2 saturated heterocycles. The van der Waals surface area contributed by atoms with Gasteiger partial charge in [0.1, 0.15) is 11.4 Å². The lowest BCUT2D eigenvalue weighted by Gasteiger charge is -2.19. The fourth-order valence-corrected chi connectivity index (χ4v) is 4.83. The summed E-state index contributed by atoms with van der Waals surface area (Å²) in [6, 6.07) is 4.84. The van der Waals surface area contributed by atoms with Crippen molar-refractivity contribution in [3.05, 3.63) is 53.1 Å². The third-order valence-corrected chi connectivity index (χ3v) is 6.82. The number of hydrogen-bond acceptors (Lipinski definition) is 5. The van der Waals surface area contributed by atoms with Gasteiger partial charge in [0.2, 0.25) is 0 Å². The van der Waals surface area contributed by atoms with E-state index < -0.39 is 35.4 Å². The molecule has 5 rings (SSSR count). The van der Waals surface area contributed by atoms with E-state index in [1.807, 2.05) is 13.0 Å². The van der Waals surface area contributed by atoms with Crippen molar-refractivity contribution >= 4 is 22.6 Å². The smallest absolute Gasteiger partial charge is 0.362 e. The molecule has 0 aliphatic carbocycles. The highest BCUT2D eigenvalue weighted by molar-refractivity contribution is 5.99. The molecule has 1 spiro atoms. The molecule has 0 radical (unpaired) electrons. The number of benzene rings is 1. The van der Waals surface area contributed by atoms with Crippen LogP contribution < -0.4 is 15.5 Å². The third-order valence-electron chi connectivity index (χ3n) is 6.82. The molecule has 1 amide bonds. The molecule has 36 heavy (non-hydrogen) atoms. The molecule has 0 bridgehead atoms. The number of H-pyrrole nitrogens is 1. The fourth-order valence-electron chi connectivity index (χ4n) is 4.83. The number of carbonyl (C=O) groups excluding carboxylic acids is 1. The number of anilines is 1. The maximum atomic E-state index is 13.2. The van der Waals surface area contributed by atoms with Crippen LogP contribution in [-0.4, -0.2) is 45.7 Å². The maximum Gasteiger partial charge on any atom is 0.433 e. The van der Waals surface area contributed by atoms with Crippen LogP contribution in [0.1, 0.15) is 46.6 Å². The van der Waals surface area contributed by atoms with Gasteiger partial charge in [0.15, 0.2) is 0 Å². The molecule has 1 aromatic carbocycles. The van der Waals surface area contributed by atoms with E-state index in [1.165, 1.54) is 6.33 Å². The van der Waals surface area contributed by atoms with E-state index in [4.69, 9.17) is 0 Å². The monoisotopic (exact) mass is 512 g/mol. The summed E-state index contributed by atoms with van der Waals surface area (Å²) in [6.45, 7) is 2.57. The second-order valence-electron chi connectivity index (χ2n) is 9.26. The van der Waals surface area contributed by atoms with Crippen molar-refractivity contribution in [2.75, 3.05) is 18.0 Å². The minimum Gasteiger partial charge on any atom is -0.362 e. The first-order valence-corrected chi connectivity index (χ1v) is 11.3. The average molecular weight is 512 g/mol. The van der Waals surface area contributed by atoms with E-state index in [-0.39, 0.29) is 11.6 Å². The number of carbonyl (C=O) groups is 1. The van der Waals surface area contributed by atoms with Gasteiger partial charge in [-0.05, 0) is 62.6 Å². The van der Waals surface area contributed by atoms with Gasteiger partial charge in [-0.2, -0.15) is 26.3 Å². The zero-order chi connectivity index (χ0) is 25.9. The normalized spacial score (nSPS) is 22.6. The summed E-state index contributed by atoms with van der Waals surface area (Å²) >= 11 is 0. The van der Waals surface area contributed by atoms with Gasteiger partial charge in [0.25, 0.3) is 5.91 Å². The molecule has 13 heteroatoms. The van der Waals surface area contributed by atoms with E-state index in [0.29, 0.717) is 55.6 Å². The summed E-state index contributed by atoms with van der Waals surface area (Å²) in [6.07, 6.45) is -7.43. The van der Waals surface area contributed by atoms with Crippen LogP contribution in [0.5, 0.6) is 0 Å². The Kier molecular flexibility index (Phi) is 5.65. The number of imidazole rings is 1. The van der Waals surface area contributed by atoms with Crippen LogP contribution in [0.25, 0.3) is 11.0 Å². The van der Waals surface area contributed by atoms with Gasteiger partial charge >= 0.3 is 12.4 Å². The lowest BCUT2D eigenvalue weighted by atomic mass is 10.00. The molecule has 192 valence electrons. The molecule has 7 nitrogen and oxygen atoms in total. The third kappa shape index (κ3) is 4.59. The Hall–Kier alpha value is -3.35. The second-order valence-corrected chi connectivity index (χ2v) is 9.26. The van der Waals surface area contributed by atoms with Crippen molar-refractivity contribution in [1.82, 2.24) is 25.6 Å². The predicted octanol–water partition coefficient (Wildman–Crippen LogP) is 4.39. The molecule has 0 unspecified atom stereocenters. The first-order valence-electron chi connectivity index (χ1n) is 11.3. The molecule has 4 heterocycles. The number of pyridine rings is 1. The molecule has 2 aromatic heterocycles. The zero-order valence-electron chi connectivity index (χ0n) is 19.0. The number of nitrogens with zero attached hydrogens (tertiary/aromatic N) is 3. The van der Waals surface area contributed by atoms with Crippen LogP contribution >= 0.6 is 0 Å². The molecule has 2 fully saturated rings. The Bertz CT molecular complexity index is 1290. The summed E-state index contributed by atoms with van der Waals surface area (Å²) in [5.41, 5.74) is -1.18. The fraction of sp³-hybridized carbons (Fsp3) is 0.435. The summed E-state index contributed by atoms with van der Waals surface area (Å²) in [4.78, 5) is 24.4. The number of amides is 1. The molecule has 3 N–H and O–H groups in total. The highest BCUT2D eigenvalue weighted by atomic mass is 19.4. The molecule has 3 aromatic rings. The molecular weight excluding hydrogens is 490 g/mol. The van der Waals surface area contributed by atoms with Crippen LogP contribution in [-0.2, 0) is 12.4 Å². The molecule has 2 aliphatic heterocycles. The Balaban J connectivity index is 1.30. The van der Waals surface area contributed by atoms with Crippen LogP contribution in [0.2, 0.25) is 0 Å². The highest BCUT2D eigenvalue weighted by Crippen LogP contribution is 2.47. The van der Waals surface area contributed by atoms with E-state index >= 15 is 0 Å². The number of rotatable bonds is 3. The minimum atomic E-state index is -5.00. The first kappa shape index (κ1) is 24.3. The van der Waals surface area contributed by atoms with Crippen molar-refractivity contribution in [1.29, 1.82) is 0 Å². The van der Waals surface area contributed by atoms with Crippen LogP contribution in [0.15, 0.2) is 30.6 Å². The number of halogens is 6. The zero-order valence-corrected chi connectivity index (χ0v) is 19.0. The number of fused-ring (bicyclic) bond motifs is 1. The van der Waals surface area contributed by atoms with Crippen LogP contribution in [0.3, 0.4) is 0 Å². The standard InChI is InChI=1S/C23H22F6N6O/c1-12-6-15-16(32-11-31-15)9-14(12)20(36)34-19-2-3-21(4-5-30-19)10-35(21)13-7-17(22(24,25)26)33-18(8-13)23(27,28)29/h6-9,11,19,30H,2-5,10H2,1H3,(H,31,32)(H,34,36)/t19-,21+,35?/m0/s1. The van der Waals surface area contributed by atoms with E-state index in [1.54, 1.807) is 11.0 Å². The Morgan fingerprint density at radius 1 is 1.08 bits per heavy atom. The van der Waals surface area contributed by atoms with Gasteiger partial charge in [-0.1, -0.05) is 0 Å². The Morgan fingerprint density at radius 2 is 1.78 bits per heavy atom. The van der Waals surface area contributed by atoms with Crippen molar-refractivity contribution < 1.29 is 31.1 Å². The van der Waals surface area contributed by atoms with Crippen molar-refractivity contribution in [2.45, 2.75) is 50.2 Å². The Labute approximate surface area is 201 Å². The molecular formula is C23H22F6N6O. The number of hydrogen-bond donors (Lipinski definition) is 3. The summed E-state index contributed by atoms with van der Waals surface area (Å²) in [5, 5.41) is 6.16. The summed E-state index contributed by atoms with van der Waals surface area (Å²) in [5.74, 6) is -0.294. The second kappa shape index (κ2) is 8.36. The van der Waals surface area contributed by atoms with Gasteiger partial charge in [0, 0.05) is 17.8 Å². The van der Waals surface area contributed by atoms with E-state index in [0.717, 1.165) is 11.1 Å². The van der Waals surface area contributed by atoms with Gasteiger partial charge < -0.3 is 15.2 Å². The number of aromatic amines is 1.